The molecule has 1 rings (SSSR count). The molecule has 1 aromatic carbocycles. The SMILES string of the molecule is CCNS(=O)(=O)c1ccc(NS(=O)(=O)CC(C)CCl)cc1. The van der Waals surface area contributed by atoms with E-state index in [-0.39, 0.29) is 29.0 Å². The zero-order valence-electron chi connectivity index (χ0n) is 11.8. The van der Waals surface area contributed by atoms with Crippen LogP contribution in [-0.4, -0.2) is 35.0 Å². The Morgan fingerprint density at radius 2 is 1.71 bits per heavy atom. The summed E-state index contributed by atoms with van der Waals surface area (Å²) in [6.07, 6.45) is 0. The van der Waals surface area contributed by atoms with Gasteiger partial charge in [-0.15, -0.1) is 11.6 Å². The molecule has 0 amide bonds. The highest BCUT2D eigenvalue weighted by Crippen LogP contribution is 2.16. The van der Waals surface area contributed by atoms with E-state index in [0.29, 0.717) is 5.69 Å². The zero-order valence-corrected chi connectivity index (χ0v) is 14.2. The summed E-state index contributed by atoms with van der Waals surface area (Å²) in [7, 11) is -7.04. The van der Waals surface area contributed by atoms with Crippen LogP contribution >= 0.6 is 11.6 Å². The van der Waals surface area contributed by atoms with Crippen molar-refractivity contribution in [3.8, 4) is 0 Å². The average Bonchev–Trinajstić information content (AvgIpc) is 2.38. The molecule has 0 fully saturated rings. The average molecular weight is 355 g/mol. The maximum atomic E-state index is 11.9. The molecule has 0 spiro atoms. The maximum Gasteiger partial charge on any atom is 0.240 e. The van der Waals surface area contributed by atoms with Crippen molar-refractivity contribution in [1.82, 2.24) is 4.72 Å². The van der Waals surface area contributed by atoms with Crippen LogP contribution in [0.4, 0.5) is 5.69 Å². The highest BCUT2D eigenvalue weighted by molar-refractivity contribution is 7.92. The van der Waals surface area contributed by atoms with Crippen molar-refractivity contribution in [2.45, 2.75) is 18.7 Å². The Hall–Kier alpha value is -0.830. The lowest BCUT2D eigenvalue weighted by atomic mass is 10.3. The summed E-state index contributed by atoms with van der Waals surface area (Å²) in [5.41, 5.74) is 0.312. The first kappa shape index (κ1) is 18.2. The third-order valence-corrected chi connectivity index (χ3v) is 6.18. The summed E-state index contributed by atoms with van der Waals surface area (Å²) in [5, 5.41) is 0. The molecular formula is C12H19ClN2O4S2. The lowest BCUT2D eigenvalue weighted by Gasteiger charge is -2.11. The minimum atomic E-state index is -3.54. The Morgan fingerprint density at radius 3 is 2.19 bits per heavy atom. The van der Waals surface area contributed by atoms with Gasteiger partial charge < -0.3 is 0 Å². The zero-order chi connectivity index (χ0) is 16.1. The molecule has 1 aromatic rings. The first-order valence-corrected chi connectivity index (χ1v) is 10.0. The van der Waals surface area contributed by atoms with Crippen LogP contribution in [0.2, 0.25) is 0 Å². The Labute approximate surface area is 131 Å². The van der Waals surface area contributed by atoms with Gasteiger partial charge in [0.15, 0.2) is 0 Å². The molecule has 0 radical (unpaired) electrons. The molecule has 0 aromatic heterocycles. The number of benzene rings is 1. The Kier molecular flexibility index (Phi) is 6.45. The van der Waals surface area contributed by atoms with Crippen molar-refractivity contribution >= 4 is 37.3 Å². The Balaban J connectivity index is 2.85. The van der Waals surface area contributed by atoms with Gasteiger partial charge in [-0.05, 0) is 30.2 Å². The summed E-state index contributed by atoms with van der Waals surface area (Å²) in [4.78, 5) is 0.0847. The molecule has 1 unspecified atom stereocenters. The second-order valence-electron chi connectivity index (χ2n) is 4.67. The number of anilines is 1. The van der Waals surface area contributed by atoms with Gasteiger partial charge in [0, 0.05) is 18.1 Å². The minimum Gasteiger partial charge on any atom is -0.284 e. The molecule has 6 nitrogen and oxygen atoms in total. The van der Waals surface area contributed by atoms with Crippen LogP contribution in [0.3, 0.4) is 0 Å². The van der Waals surface area contributed by atoms with Crippen LogP contribution in [0.25, 0.3) is 0 Å². The number of halogens is 1. The molecule has 0 saturated heterocycles. The number of nitrogens with one attached hydrogen (secondary N) is 2. The van der Waals surface area contributed by atoms with E-state index in [0.717, 1.165) is 0 Å². The van der Waals surface area contributed by atoms with E-state index >= 15 is 0 Å². The second-order valence-corrected chi connectivity index (χ2v) is 8.51. The third-order valence-electron chi connectivity index (χ3n) is 2.54. The van der Waals surface area contributed by atoms with E-state index < -0.39 is 20.0 Å². The molecule has 0 aliphatic heterocycles. The van der Waals surface area contributed by atoms with Gasteiger partial charge in [-0.3, -0.25) is 4.72 Å². The van der Waals surface area contributed by atoms with E-state index in [1.165, 1.54) is 24.3 Å². The molecule has 2 N–H and O–H groups in total. The molecule has 0 aliphatic rings. The number of alkyl halides is 1. The standard InChI is InChI=1S/C12H19ClN2O4S2/c1-3-14-21(18,19)12-6-4-11(5-7-12)15-20(16,17)9-10(2)8-13/h4-7,10,14-15H,3,8-9H2,1-2H3. The summed E-state index contributed by atoms with van der Waals surface area (Å²) >= 11 is 5.60. The molecule has 0 saturated carbocycles. The van der Waals surface area contributed by atoms with Crippen molar-refractivity contribution in [3.05, 3.63) is 24.3 Å². The predicted octanol–water partition coefficient (Wildman–Crippen LogP) is 1.60. The summed E-state index contributed by atoms with van der Waals surface area (Å²) in [5.74, 6) is -0.00749. The fraction of sp³-hybridized carbons (Fsp3) is 0.500. The van der Waals surface area contributed by atoms with Crippen molar-refractivity contribution in [2.24, 2.45) is 5.92 Å². The van der Waals surface area contributed by atoms with Crippen LogP contribution in [0.1, 0.15) is 13.8 Å². The van der Waals surface area contributed by atoms with Crippen molar-refractivity contribution in [2.75, 3.05) is 22.9 Å². The first-order valence-electron chi connectivity index (χ1n) is 6.36. The van der Waals surface area contributed by atoms with Gasteiger partial charge >= 0.3 is 0 Å². The summed E-state index contributed by atoms with van der Waals surface area (Å²) in [6, 6.07) is 5.52. The van der Waals surface area contributed by atoms with Crippen molar-refractivity contribution in [3.63, 3.8) is 0 Å². The van der Waals surface area contributed by atoms with Crippen LogP contribution in [-0.2, 0) is 20.0 Å². The van der Waals surface area contributed by atoms with Crippen LogP contribution in [0, 0.1) is 5.92 Å². The quantitative estimate of drug-likeness (QED) is 0.693. The number of rotatable bonds is 8. The molecule has 120 valence electrons. The molecule has 21 heavy (non-hydrogen) atoms. The number of hydrogen-bond acceptors (Lipinski definition) is 4. The minimum absolute atomic E-state index is 0.0847. The molecule has 9 heteroatoms. The van der Waals surface area contributed by atoms with E-state index in [2.05, 4.69) is 9.44 Å². The summed E-state index contributed by atoms with van der Waals surface area (Å²) < 4.78 is 52.0. The van der Waals surface area contributed by atoms with Gasteiger partial charge in [-0.1, -0.05) is 13.8 Å². The van der Waals surface area contributed by atoms with Gasteiger partial charge in [0.25, 0.3) is 0 Å². The van der Waals surface area contributed by atoms with Crippen molar-refractivity contribution < 1.29 is 16.8 Å². The van der Waals surface area contributed by atoms with Crippen molar-refractivity contribution in [1.29, 1.82) is 0 Å². The topological polar surface area (TPSA) is 92.3 Å². The molecule has 0 bridgehead atoms. The van der Waals surface area contributed by atoms with Crippen LogP contribution < -0.4 is 9.44 Å². The van der Waals surface area contributed by atoms with Gasteiger partial charge in [0.2, 0.25) is 20.0 Å². The van der Waals surface area contributed by atoms with Crippen LogP contribution in [0.5, 0.6) is 0 Å². The van der Waals surface area contributed by atoms with Gasteiger partial charge in [0.05, 0.1) is 10.6 Å². The fourth-order valence-electron chi connectivity index (χ4n) is 1.62. The Bertz CT molecular complexity index is 657. The van der Waals surface area contributed by atoms with E-state index in [1.54, 1.807) is 13.8 Å². The number of sulfonamides is 2. The lowest BCUT2D eigenvalue weighted by Crippen LogP contribution is -2.23. The first-order chi connectivity index (χ1) is 9.70. The largest absolute Gasteiger partial charge is 0.284 e. The highest BCUT2D eigenvalue weighted by atomic mass is 35.5. The fourth-order valence-corrected chi connectivity index (χ4v) is 4.34. The van der Waals surface area contributed by atoms with E-state index in [1.807, 2.05) is 0 Å². The van der Waals surface area contributed by atoms with Gasteiger partial charge in [-0.2, -0.15) is 0 Å². The highest BCUT2D eigenvalue weighted by Gasteiger charge is 2.16. The molecule has 0 heterocycles. The lowest BCUT2D eigenvalue weighted by molar-refractivity contribution is 0.583. The van der Waals surface area contributed by atoms with Gasteiger partial charge in [-0.25, -0.2) is 21.6 Å². The Morgan fingerprint density at radius 1 is 1.14 bits per heavy atom. The summed E-state index contributed by atoms with van der Waals surface area (Å²) in [6.45, 7) is 3.70. The normalized spacial score (nSPS) is 13.9. The van der Waals surface area contributed by atoms with Crippen LogP contribution in [0.15, 0.2) is 29.2 Å². The maximum absolute atomic E-state index is 11.9. The van der Waals surface area contributed by atoms with E-state index in [4.69, 9.17) is 11.6 Å². The van der Waals surface area contributed by atoms with E-state index in [9.17, 15) is 16.8 Å². The third kappa shape index (κ3) is 5.82. The number of hydrogen-bond donors (Lipinski definition) is 2. The molecule has 1 atom stereocenters. The smallest absolute Gasteiger partial charge is 0.240 e. The monoisotopic (exact) mass is 354 g/mol. The predicted molar refractivity (Wildman–Crippen MR) is 84.6 cm³/mol. The second kappa shape index (κ2) is 7.44. The molecular weight excluding hydrogens is 336 g/mol. The van der Waals surface area contributed by atoms with Gasteiger partial charge in [0.1, 0.15) is 0 Å². The molecule has 0 aliphatic carbocycles.